The first kappa shape index (κ1) is 17.7. The minimum Gasteiger partial charge on any atom is -0.497 e. The number of carbonyl (C=O) groups is 1. The summed E-state index contributed by atoms with van der Waals surface area (Å²) in [5, 5.41) is 6.97. The predicted octanol–water partition coefficient (Wildman–Crippen LogP) is 2.93. The second-order valence-electron chi connectivity index (χ2n) is 5.96. The van der Waals surface area contributed by atoms with Gasteiger partial charge in [0.25, 0.3) is 0 Å². The summed E-state index contributed by atoms with van der Waals surface area (Å²) in [5.74, 6) is 0.732. The molecule has 2 aromatic rings. The molecule has 6 heteroatoms. The predicted molar refractivity (Wildman–Crippen MR) is 100 cm³/mol. The number of piperazine rings is 1. The van der Waals surface area contributed by atoms with Gasteiger partial charge >= 0.3 is 0 Å². The van der Waals surface area contributed by atoms with E-state index in [9.17, 15) is 4.79 Å². The summed E-state index contributed by atoms with van der Waals surface area (Å²) in [6.07, 6.45) is 0. The van der Waals surface area contributed by atoms with Gasteiger partial charge in [0.2, 0.25) is 5.91 Å². The number of methoxy groups -OCH3 is 1. The third-order valence-corrected chi connectivity index (χ3v) is 4.56. The molecule has 0 bridgehead atoms. The highest BCUT2D eigenvalue weighted by molar-refractivity contribution is 6.30. The van der Waals surface area contributed by atoms with Crippen molar-refractivity contribution in [1.29, 1.82) is 0 Å². The van der Waals surface area contributed by atoms with Crippen molar-refractivity contribution in [2.45, 2.75) is 6.04 Å². The van der Waals surface area contributed by atoms with Crippen molar-refractivity contribution in [3.05, 3.63) is 59.1 Å². The van der Waals surface area contributed by atoms with Gasteiger partial charge in [0.1, 0.15) is 11.8 Å². The Bertz CT molecular complexity index is 698. The number of hydrogen-bond donors (Lipinski definition) is 2. The topological polar surface area (TPSA) is 53.6 Å². The minimum atomic E-state index is -0.344. The lowest BCUT2D eigenvalue weighted by Gasteiger charge is -2.34. The van der Waals surface area contributed by atoms with Crippen LogP contribution in [0.4, 0.5) is 5.69 Å². The summed E-state index contributed by atoms with van der Waals surface area (Å²) in [4.78, 5) is 15.2. The van der Waals surface area contributed by atoms with Crippen LogP contribution in [0.1, 0.15) is 11.6 Å². The van der Waals surface area contributed by atoms with E-state index in [-0.39, 0.29) is 11.9 Å². The zero-order valence-electron chi connectivity index (χ0n) is 14.2. The van der Waals surface area contributed by atoms with Crippen molar-refractivity contribution in [2.24, 2.45) is 0 Å². The van der Waals surface area contributed by atoms with Crippen molar-refractivity contribution < 1.29 is 9.53 Å². The van der Waals surface area contributed by atoms with Gasteiger partial charge in [-0.15, -0.1) is 0 Å². The molecule has 1 fully saturated rings. The van der Waals surface area contributed by atoms with E-state index in [2.05, 4.69) is 15.5 Å². The molecule has 2 N–H and O–H groups in total. The third kappa shape index (κ3) is 4.51. The quantitative estimate of drug-likeness (QED) is 0.861. The van der Waals surface area contributed by atoms with Gasteiger partial charge < -0.3 is 15.4 Å². The second-order valence-corrected chi connectivity index (χ2v) is 6.39. The Labute approximate surface area is 152 Å². The van der Waals surface area contributed by atoms with Crippen LogP contribution in [-0.4, -0.2) is 44.1 Å². The van der Waals surface area contributed by atoms with Crippen LogP contribution < -0.4 is 15.4 Å². The molecule has 5 nitrogen and oxygen atoms in total. The lowest BCUT2D eigenvalue weighted by molar-refractivity contribution is -0.121. The van der Waals surface area contributed by atoms with Crippen molar-refractivity contribution in [3.8, 4) is 5.75 Å². The molecule has 1 unspecified atom stereocenters. The van der Waals surface area contributed by atoms with E-state index in [0.29, 0.717) is 5.02 Å². The molecule has 2 aromatic carbocycles. The molecule has 1 saturated heterocycles. The van der Waals surface area contributed by atoms with Crippen LogP contribution in [0, 0.1) is 0 Å². The van der Waals surface area contributed by atoms with Crippen LogP contribution in [-0.2, 0) is 4.79 Å². The number of nitrogens with zero attached hydrogens (tertiary/aromatic N) is 1. The largest absolute Gasteiger partial charge is 0.497 e. The average Bonchev–Trinajstić information content (AvgIpc) is 2.65. The van der Waals surface area contributed by atoms with E-state index < -0.39 is 0 Å². The first-order chi connectivity index (χ1) is 12.2. The fraction of sp³-hybridized carbons (Fsp3) is 0.316. The number of nitrogens with one attached hydrogen (secondary N) is 2. The molecule has 0 aromatic heterocycles. The van der Waals surface area contributed by atoms with Gasteiger partial charge in [0.15, 0.2) is 0 Å². The molecular formula is C19H22ClN3O2. The molecule has 0 aliphatic carbocycles. The molecule has 0 saturated carbocycles. The van der Waals surface area contributed by atoms with Crippen LogP contribution in [0.25, 0.3) is 0 Å². The Hall–Kier alpha value is -2.08. The highest BCUT2D eigenvalue weighted by Gasteiger charge is 2.28. The van der Waals surface area contributed by atoms with Gasteiger partial charge in [-0.2, -0.15) is 0 Å². The lowest BCUT2D eigenvalue weighted by atomic mass is 10.0. The van der Waals surface area contributed by atoms with E-state index in [0.717, 1.165) is 43.2 Å². The van der Waals surface area contributed by atoms with E-state index in [4.69, 9.17) is 16.3 Å². The fourth-order valence-electron chi connectivity index (χ4n) is 3.00. The normalized spacial score (nSPS) is 16.2. The number of rotatable bonds is 5. The molecule has 132 valence electrons. The first-order valence-corrected chi connectivity index (χ1v) is 8.70. The molecule has 1 aliphatic rings. The third-order valence-electron chi connectivity index (χ3n) is 4.31. The maximum Gasteiger partial charge on any atom is 0.246 e. The van der Waals surface area contributed by atoms with Crippen LogP contribution in [0.15, 0.2) is 48.5 Å². The highest BCUT2D eigenvalue weighted by atomic mass is 35.5. The molecular weight excluding hydrogens is 338 g/mol. The number of benzene rings is 2. The Balaban J connectivity index is 1.83. The van der Waals surface area contributed by atoms with E-state index in [1.54, 1.807) is 19.2 Å². The van der Waals surface area contributed by atoms with Crippen molar-refractivity contribution in [2.75, 3.05) is 38.6 Å². The Morgan fingerprint density at radius 2 is 1.76 bits per heavy atom. The minimum absolute atomic E-state index is 0.0469. The number of ether oxygens (including phenoxy) is 1. The molecule has 0 radical (unpaired) electrons. The lowest BCUT2D eigenvalue weighted by Crippen LogP contribution is -2.48. The van der Waals surface area contributed by atoms with E-state index in [1.165, 1.54) is 0 Å². The second kappa shape index (κ2) is 8.34. The number of hydrogen-bond acceptors (Lipinski definition) is 4. The number of carbonyl (C=O) groups excluding carboxylic acids is 1. The standard InChI is InChI=1S/C19H22ClN3O2/c1-25-17-8-2-14(3-9-17)18(23-12-10-21-11-13-23)19(24)22-16-6-4-15(20)5-7-16/h2-9,18,21H,10-13H2,1H3,(H,22,24). The maximum absolute atomic E-state index is 13.0. The van der Waals surface area contributed by atoms with Gasteiger partial charge in [0.05, 0.1) is 7.11 Å². The van der Waals surface area contributed by atoms with E-state index in [1.807, 2.05) is 36.4 Å². The van der Waals surface area contributed by atoms with Crippen molar-refractivity contribution in [1.82, 2.24) is 10.2 Å². The molecule has 1 heterocycles. The molecule has 25 heavy (non-hydrogen) atoms. The monoisotopic (exact) mass is 359 g/mol. The van der Waals surface area contributed by atoms with Crippen molar-refractivity contribution in [3.63, 3.8) is 0 Å². The summed E-state index contributed by atoms with van der Waals surface area (Å²) >= 11 is 5.92. The Morgan fingerprint density at radius 1 is 1.12 bits per heavy atom. The van der Waals surface area contributed by atoms with Gasteiger partial charge in [0, 0.05) is 36.9 Å². The van der Waals surface area contributed by atoms with Crippen molar-refractivity contribution >= 4 is 23.2 Å². The molecule has 1 amide bonds. The molecule has 1 aliphatic heterocycles. The van der Waals surface area contributed by atoms with Gasteiger partial charge in [-0.25, -0.2) is 0 Å². The smallest absolute Gasteiger partial charge is 0.246 e. The van der Waals surface area contributed by atoms with E-state index >= 15 is 0 Å². The van der Waals surface area contributed by atoms with Crippen LogP contribution in [0.2, 0.25) is 5.02 Å². The fourth-order valence-corrected chi connectivity index (χ4v) is 3.12. The number of halogens is 1. The Morgan fingerprint density at radius 3 is 2.36 bits per heavy atom. The summed E-state index contributed by atoms with van der Waals surface area (Å²) in [5.41, 5.74) is 1.69. The molecule has 3 rings (SSSR count). The highest BCUT2D eigenvalue weighted by Crippen LogP contribution is 2.25. The SMILES string of the molecule is COc1ccc(C(C(=O)Nc2ccc(Cl)cc2)N2CCNCC2)cc1. The van der Waals surface area contributed by atoms with Crippen LogP contribution >= 0.6 is 11.6 Å². The summed E-state index contributed by atoms with van der Waals surface area (Å²) in [6.45, 7) is 3.40. The zero-order chi connectivity index (χ0) is 17.6. The zero-order valence-corrected chi connectivity index (χ0v) is 14.9. The summed E-state index contributed by atoms with van der Waals surface area (Å²) in [7, 11) is 1.63. The van der Waals surface area contributed by atoms with Crippen LogP contribution in [0.3, 0.4) is 0 Å². The average molecular weight is 360 g/mol. The number of amides is 1. The number of anilines is 1. The van der Waals surface area contributed by atoms with Crippen LogP contribution in [0.5, 0.6) is 5.75 Å². The van der Waals surface area contributed by atoms with Gasteiger partial charge in [-0.05, 0) is 42.0 Å². The Kier molecular flexibility index (Phi) is 5.91. The first-order valence-electron chi connectivity index (χ1n) is 8.32. The molecule has 1 atom stereocenters. The maximum atomic E-state index is 13.0. The van der Waals surface area contributed by atoms with Gasteiger partial charge in [-0.1, -0.05) is 23.7 Å². The van der Waals surface area contributed by atoms with Gasteiger partial charge in [-0.3, -0.25) is 9.69 Å². The molecule has 0 spiro atoms. The summed E-state index contributed by atoms with van der Waals surface area (Å²) < 4.78 is 5.23. The summed E-state index contributed by atoms with van der Waals surface area (Å²) in [6, 6.07) is 14.5.